The van der Waals surface area contributed by atoms with Crippen LogP contribution in [0.25, 0.3) is 0 Å². The molecule has 1 heterocycles. The first-order valence-electron chi connectivity index (χ1n) is 4.73. The van der Waals surface area contributed by atoms with Crippen LogP contribution in [0.3, 0.4) is 0 Å². The summed E-state index contributed by atoms with van der Waals surface area (Å²) in [4.78, 5) is 33.7. The first-order chi connectivity index (χ1) is 6.72. The summed E-state index contributed by atoms with van der Waals surface area (Å²) in [6, 6.07) is 0. The molecule has 0 aromatic carbocycles. The van der Waals surface area contributed by atoms with E-state index >= 15 is 0 Å². The quantitative estimate of drug-likeness (QED) is 0.480. The second-order valence-electron chi connectivity index (χ2n) is 3.33. The van der Waals surface area contributed by atoms with Crippen LogP contribution in [0.1, 0.15) is 19.3 Å². The number of likely N-dealkylation sites (tertiary alicyclic amines) is 1. The van der Waals surface area contributed by atoms with Crippen LogP contribution in [0, 0.1) is 0 Å². The number of aldehydes is 1. The minimum absolute atomic E-state index is 0.105. The number of carbonyl (C=O) groups is 3. The van der Waals surface area contributed by atoms with Crippen LogP contribution in [-0.4, -0.2) is 42.6 Å². The zero-order valence-electron chi connectivity index (χ0n) is 7.99. The van der Waals surface area contributed by atoms with E-state index in [1.54, 1.807) is 0 Å². The smallest absolute Gasteiger partial charge is 0.290 e. The summed E-state index contributed by atoms with van der Waals surface area (Å²) in [5, 5.41) is 1.98. The van der Waals surface area contributed by atoms with E-state index < -0.39 is 5.91 Å². The van der Waals surface area contributed by atoms with E-state index in [4.69, 9.17) is 0 Å². The Morgan fingerprint density at radius 2 is 1.93 bits per heavy atom. The van der Waals surface area contributed by atoms with Crippen LogP contribution in [0.4, 0.5) is 0 Å². The molecule has 0 bridgehead atoms. The van der Waals surface area contributed by atoms with Gasteiger partial charge in [-0.15, -0.1) is 0 Å². The maximum atomic E-state index is 11.1. The summed E-state index contributed by atoms with van der Waals surface area (Å²) in [7, 11) is 0. The van der Waals surface area contributed by atoms with E-state index in [0.29, 0.717) is 6.54 Å². The fourth-order valence-corrected chi connectivity index (χ4v) is 1.50. The van der Waals surface area contributed by atoms with Crippen LogP contribution in [0.2, 0.25) is 0 Å². The van der Waals surface area contributed by atoms with Gasteiger partial charge in [-0.1, -0.05) is 0 Å². The zero-order chi connectivity index (χ0) is 10.4. The van der Waals surface area contributed by atoms with E-state index in [1.807, 2.05) is 5.32 Å². The monoisotopic (exact) mass is 198 g/mol. The lowest BCUT2D eigenvalue weighted by atomic mass is 10.3. The molecule has 2 amide bonds. The molecule has 1 rings (SSSR count). The first-order valence-corrected chi connectivity index (χ1v) is 4.73. The first kappa shape index (κ1) is 10.8. The van der Waals surface area contributed by atoms with E-state index in [1.165, 1.54) is 12.8 Å². The van der Waals surface area contributed by atoms with Gasteiger partial charge < -0.3 is 4.90 Å². The van der Waals surface area contributed by atoms with Gasteiger partial charge in [-0.05, 0) is 25.9 Å². The standard InChI is InChI=1S/C9H14N2O3/c12-7-9(14)10-8(13)3-6-11-4-1-2-5-11/h7H,1-6H2,(H,10,13,14). The van der Waals surface area contributed by atoms with Crippen molar-refractivity contribution in [3.8, 4) is 0 Å². The number of hydrogen-bond acceptors (Lipinski definition) is 4. The van der Waals surface area contributed by atoms with Gasteiger partial charge in [0.25, 0.3) is 5.91 Å². The molecule has 0 aromatic rings. The van der Waals surface area contributed by atoms with Crippen LogP contribution >= 0.6 is 0 Å². The number of rotatable bonds is 4. The van der Waals surface area contributed by atoms with Gasteiger partial charge >= 0.3 is 0 Å². The van der Waals surface area contributed by atoms with Crippen LogP contribution in [0.5, 0.6) is 0 Å². The molecule has 5 heteroatoms. The second kappa shape index (κ2) is 5.49. The highest BCUT2D eigenvalue weighted by atomic mass is 16.2. The summed E-state index contributed by atoms with van der Waals surface area (Å²) < 4.78 is 0. The molecule has 5 nitrogen and oxygen atoms in total. The third kappa shape index (κ3) is 3.66. The highest BCUT2D eigenvalue weighted by Gasteiger charge is 2.13. The van der Waals surface area contributed by atoms with Gasteiger partial charge in [0.1, 0.15) is 0 Å². The Morgan fingerprint density at radius 3 is 2.50 bits per heavy atom. The van der Waals surface area contributed by atoms with Crippen molar-refractivity contribution in [1.29, 1.82) is 0 Å². The third-order valence-corrected chi connectivity index (χ3v) is 2.22. The van der Waals surface area contributed by atoms with Gasteiger partial charge in [0.05, 0.1) is 0 Å². The summed E-state index contributed by atoms with van der Waals surface area (Å²) in [6.45, 7) is 2.71. The molecule has 1 fully saturated rings. The highest BCUT2D eigenvalue weighted by Crippen LogP contribution is 2.06. The molecule has 78 valence electrons. The zero-order valence-corrected chi connectivity index (χ0v) is 7.99. The number of hydrogen-bond donors (Lipinski definition) is 1. The average Bonchev–Trinajstić information content (AvgIpc) is 2.67. The second-order valence-corrected chi connectivity index (χ2v) is 3.33. The lowest BCUT2D eigenvalue weighted by Gasteiger charge is -2.12. The number of carbonyl (C=O) groups excluding carboxylic acids is 3. The van der Waals surface area contributed by atoms with Crippen molar-refractivity contribution in [2.45, 2.75) is 19.3 Å². The largest absolute Gasteiger partial charge is 0.303 e. The Balaban J connectivity index is 2.13. The van der Waals surface area contributed by atoms with Gasteiger partial charge in [0.2, 0.25) is 12.2 Å². The Labute approximate surface area is 82.4 Å². The molecule has 1 saturated heterocycles. The molecule has 1 aliphatic heterocycles. The fourth-order valence-electron chi connectivity index (χ4n) is 1.50. The van der Waals surface area contributed by atoms with Gasteiger partial charge in [0.15, 0.2) is 0 Å². The lowest BCUT2D eigenvalue weighted by Crippen LogP contribution is -2.34. The van der Waals surface area contributed by atoms with E-state index in [9.17, 15) is 14.4 Å². The number of imide groups is 1. The van der Waals surface area contributed by atoms with E-state index in [-0.39, 0.29) is 18.6 Å². The number of amides is 2. The minimum atomic E-state index is -0.864. The maximum absolute atomic E-state index is 11.1. The summed E-state index contributed by atoms with van der Waals surface area (Å²) in [5.74, 6) is -1.24. The van der Waals surface area contributed by atoms with Crippen molar-refractivity contribution < 1.29 is 14.4 Å². The molecule has 0 aromatic heterocycles. The van der Waals surface area contributed by atoms with Crippen molar-refractivity contribution in [1.82, 2.24) is 10.2 Å². The van der Waals surface area contributed by atoms with Crippen LogP contribution in [-0.2, 0) is 14.4 Å². The lowest BCUT2D eigenvalue weighted by molar-refractivity contribution is -0.136. The Bertz CT molecular complexity index is 234. The van der Waals surface area contributed by atoms with Gasteiger partial charge in [-0.25, -0.2) is 0 Å². The van der Waals surface area contributed by atoms with E-state index in [2.05, 4.69) is 4.90 Å². The molecule has 1 aliphatic rings. The predicted octanol–water partition coefficient (Wildman–Crippen LogP) is -0.686. The minimum Gasteiger partial charge on any atom is -0.303 e. The van der Waals surface area contributed by atoms with E-state index in [0.717, 1.165) is 13.1 Å². The Kier molecular flexibility index (Phi) is 4.25. The van der Waals surface area contributed by atoms with Crippen molar-refractivity contribution in [3.05, 3.63) is 0 Å². The molecule has 0 radical (unpaired) electrons. The number of nitrogens with one attached hydrogen (secondary N) is 1. The third-order valence-electron chi connectivity index (χ3n) is 2.22. The Hall–Kier alpha value is -1.23. The topological polar surface area (TPSA) is 66.5 Å². The molecule has 0 spiro atoms. The number of nitrogens with zero attached hydrogens (tertiary/aromatic N) is 1. The van der Waals surface area contributed by atoms with Crippen molar-refractivity contribution >= 4 is 18.1 Å². The summed E-state index contributed by atoms with van der Waals surface area (Å²) in [6.07, 6.45) is 2.73. The molecule has 0 saturated carbocycles. The molecule has 0 unspecified atom stereocenters. The van der Waals surface area contributed by atoms with Crippen molar-refractivity contribution in [3.63, 3.8) is 0 Å². The average molecular weight is 198 g/mol. The molecule has 0 aliphatic carbocycles. The highest BCUT2D eigenvalue weighted by molar-refractivity contribution is 6.27. The van der Waals surface area contributed by atoms with Gasteiger partial charge in [-0.3, -0.25) is 19.7 Å². The molecule has 1 N–H and O–H groups in total. The fraction of sp³-hybridized carbons (Fsp3) is 0.667. The summed E-state index contributed by atoms with van der Waals surface area (Å²) >= 11 is 0. The normalized spacial score (nSPS) is 16.6. The predicted molar refractivity (Wildman–Crippen MR) is 49.5 cm³/mol. The maximum Gasteiger partial charge on any atom is 0.290 e. The molecule has 0 atom stereocenters. The van der Waals surface area contributed by atoms with Crippen molar-refractivity contribution in [2.75, 3.05) is 19.6 Å². The summed E-state index contributed by atoms with van der Waals surface area (Å²) in [5.41, 5.74) is 0. The Morgan fingerprint density at radius 1 is 1.29 bits per heavy atom. The van der Waals surface area contributed by atoms with Gasteiger partial charge in [0, 0.05) is 13.0 Å². The SMILES string of the molecule is O=CC(=O)NC(=O)CCN1CCCC1. The van der Waals surface area contributed by atoms with Gasteiger partial charge in [-0.2, -0.15) is 0 Å². The molecule has 14 heavy (non-hydrogen) atoms. The van der Waals surface area contributed by atoms with Crippen molar-refractivity contribution in [2.24, 2.45) is 0 Å². The molecular formula is C9H14N2O3. The van der Waals surface area contributed by atoms with Crippen LogP contribution in [0.15, 0.2) is 0 Å². The van der Waals surface area contributed by atoms with Crippen LogP contribution < -0.4 is 5.32 Å². The molecular weight excluding hydrogens is 184 g/mol.